The summed E-state index contributed by atoms with van der Waals surface area (Å²) in [6.07, 6.45) is 4.37. The molecule has 0 spiro atoms. The Balaban J connectivity index is 1.91. The third-order valence-corrected chi connectivity index (χ3v) is 2.91. The summed E-state index contributed by atoms with van der Waals surface area (Å²) in [5.41, 5.74) is 0. The molecule has 0 amide bonds. The van der Waals surface area contributed by atoms with E-state index in [9.17, 15) is 0 Å². The molecule has 1 aliphatic heterocycles. The lowest BCUT2D eigenvalue weighted by atomic mass is 10.2. The summed E-state index contributed by atoms with van der Waals surface area (Å²) < 4.78 is 11.5. The minimum absolute atomic E-state index is 0.296. The van der Waals surface area contributed by atoms with Gasteiger partial charge in [-0.15, -0.1) is 0 Å². The summed E-state index contributed by atoms with van der Waals surface area (Å²) in [6.45, 7) is 7.17. The molecule has 2 fully saturated rings. The smallest absolute Gasteiger partial charge is 0.113 e. The van der Waals surface area contributed by atoms with E-state index in [2.05, 4.69) is 18.7 Å². The Morgan fingerprint density at radius 2 is 2.00 bits per heavy atom. The third kappa shape index (κ3) is 2.69. The van der Waals surface area contributed by atoms with Gasteiger partial charge < -0.3 is 9.47 Å². The molecule has 1 saturated heterocycles. The van der Waals surface area contributed by atoms with Crippen molar-refractivity contribution in [2.45, 2.75) is 51.5 Å². The lowest BCUT2D eigenvalue weighted by Gasteiger charge is -2.32. The number of ether oxygens (including phenoxy) is 2. The highest BCUT2D eigenvalue weighted by molar-refractivity contribution is 4.78. The van der Waals surface area contributed by atoms with E-state index in [0.717, 1.165) is 26.2 Å². The lowest BCUT2D eigenvalue weighted by molar-refractivity contribution is -0.0790. The van der Waals surface area contributed by atoms with E-state index >= 15 is 0 Å². The standard InChI is InChI=1S/C11H21NO2/c1-9(2)12-6-8-13-7-5-11(12)14-10-3-4-10/h9-11H,3-8H2,1-2H3. The van der Waals surface area contributed by atoms with Crippen molar-refractivity contribution in [3.05, 3.63) is 0 Å². The summed E-state index contributed by atoms with van der Waals surface area (Å²) in [4.78, 5) is 2.42. The number of nitrogens with zero attached hydrogens (tertiary/aromatic N) is 1. The van der Waals surface area contributed by atoms with Crippen molar-refractivity contribution in [1.29, 1.82) is 0 Å². The van der Waals surface area contributed by atoms with E-state index in [0.29, 0.717) is 18.4 Å². The number of hydrogen-bond donors (Lipinski definition) is 0. The van der Waals surface area contributed by atoms with Crippen LogP contribution in [0.3, 0.4) is 0 Å². The molecule has 14 heavy (non-hydrogen) atoms. The topological polar surface area (TPSA) is 21.7 Å². The molecule has 1 saturated carbocycles. The van der Waals surface area contributed by atoms with Gasteiger partial charge in [0.1, 0.15) is 6.23 Å². The second-order valence-corrected chi connectivity index (χ2v) is 4.52. The molecule has 3 nitrogen and oxygen atoms in total. The minimum Gasteiger partial charge on any atom is -0.380 e. The molecule has 0 N–H and O–H groups in total. The van der Waals surface area contributed by atoms with Gasteiger partial charge in [-0.3, -0.25) is 4.90 Å². The summed E-state index contributed by atoms with van der Waals surface area (Å²) in [6, 6.07) is 0.556. The largest absolute Gasteiger partial charge is 0.380 e. The van der Waals surface area contributed by atoms with Gasteiger partial charge in [0.2, 0.25) is 0 Å². The predicted molar refractivity (Wildman–Crippen MR) is 55.2 cm³/mol. The van der Waals surface area contributed by atoms with E-state index in [4.69, 9.17) is 9.47 Å². The molecular formula is C11H21NO2. The first-order chi connectivity index (χ1) is 6.77. The van der Waals surface area contributed by atoms with Gasteiger partial charge in [-0.25, -0.2) is 0 Å². The number of hydrogen-bond acceptors (Lipinski definition) is 3. The van der Waals surface area contributed by atoms with Crippen LogP contribution in [0, 0.1) is 0 Å². The van der Waals surface area contributed by atoms with Crippen LogP contribution in [-0.4, -0.2) is 43.0 Å². The van der Waals surface area contributed by atoms with Gasteiger partial charge in [-0.05, 0) is 26.7 Å². The van der Waals surface area contributed by atoms with Gasteiger partial charge in [0.05, 0.1) is 19.3 Å². The van der Waals surface area contributed by atoms with E-state index in [1.54, 1.807) is 0 Å². The molecule has 0 aromatic carbocycles. The van der Waals surface area contributed by atoms with Gasteiger partial charge in [0.25, 0.3) is 0 Å². The maximum Gasteiger partial charge on any atom is 0.113 e. The quantitative estimate of drug-likeness (QED) is 0.689. The molecule has 1 unspecified atom stereocenters. The Kier molecular flexibility index (Phi) is 3.42. The zero-order valence-corrected chi connectivity index (χ0v) is 9.24. The van der Waals surface area contributed by atoms with Crippen LogP contribution in [0.2, 0.25) is 0 Å². The van der Waals surface area contributed by atoms with Crippen LogP contribution >= 0.6 is 0 Å². The first kappa shape index (κ1) is 10.4. The Bertz CT molecular complexity index is 180. The highest BCUT2D eigenvalue weighted by atomic mass is 16.5. The van der Waals surface area contributed by atoms with E-state index in [1.165, 1.54) is 12.8 Å². The highest BCUT2D eigenvalue weighted by Gasteiger charge is 2.31. The van der Waals surface area contributed by atoms with Crippen molar-refractivity contribution in [3.63, 3.8) is 0 Å². The predicted octanol–water partition coefficient (Wildman–Crippen LogP) is 1.62. The fraction of sp³-hybridized carbons (Fsp3) is 1.00. The fourth-order valence-corrected chi connectivity index (χ4v) is 1.93. The molecule has 1 atom stereocenters. The zero-order chi connectivity index (χ0) is 9.97. The highest BCUT2D eigenvalue weighted by Crippen LogP contribution is 2.28. The average molecular weight is 199 g/mol. The molecule has 2 rings (SSSR count). The van der Waals surface area contributed by atoms with Crippen LogP contribution in [-0.2, 0) is 9.47 Å². The Hall–Kier alpha value is -0.120. The molecule has 0 aromatic rings. The molecule has 0 bridgehead atoms. The minimum atomic E-state index is 0.296. The summed E-state index contributed by atoms with van der Waals surface area (Å²) in [7, 11) is 0. The molecular weight excluding hydrogens is 178 g/mol. The average Bonchev–Trinajstić information content (AvgIpc) is 2.92. The first-order valence-electron chi connectivity index (χ1n) is 5.76. The molecule has 2 aliphatic rings. The van der Waals surface area contributed by atoms with Crippen molar-refractivity contribution in [1.82, 2.24) is 4.90 Å². The zero-order valence-electron chi connectivity index (χ0n) is 9.24. The van der Waals surface area contributed by atoms with Crippen molar-refractivity contribution in [3.8, 4) is 0 Å². The Morgan fingerprint density at radius 3 is 2.64 bits per heavy atom. The van der Waals surface area contributed by atoms with Gasteiger partial charge >= 0.3 is 0 Å². The van der Waals surface area contributed by atoms with Crippen molar-refractivity contribution in [2.24, 2.45) is 0 Å². The molecule has 3 heteroatoms. The maximum absolute atomic E-state index is 6.00. The van der Waals surface area contributed by atoms with Gasteiger partial charge in [-0.2, -0.15) is 0 Å². The second-order valence-electron chi connectivity index (χ2n) is 4.52. The maximum atomic E-state index is 6.00. The molecule has 0 radical (unpaired) electrons. The van der Waals surface area contributed by atoms with Crippen molar-refractivity contribution >= 4 is 0 Å². The van der Waals surface area contributed by atoms with E-state index in [-0.39, 0.29) is 0 Å². The third-order valence-electron chi connectivity index (χ3n) is 2.91. The van der Waals surface area contributed by atoms with Gasteiger partial charge in [0.15, 0.2) is 0 Å². The summed E-state index contributed by atoms with van der Waals surface area (Å²) in [5.74, 6) is 0. The Morgan fingerprint density at radius 1 is 1.21 bits per heavy atom. The summed E-state index contributed by atoms with van der Waals surface area (Å²) in [5, 5.41) is 0. The van der Waals surface area contributed by atoms with Crippen LogP contribution in [0.25, 0.3) is 0 Å². The molecule has 1 heterocycles. The summed E-state index contributed by atoms with van der Waals surface area (Å²) >= 11 is 0. The van der Waals surface area contributed by atoms with Crippen molar-refractivity contribution < 1.29 is 9.47 Å². The second kappa shape index (κ2) is 4.60. The Labute approximate surface area is 86.4 Å². The van der Waals surface area contributed by atoms with Crippen LogP contribution in [0.5, 0.6) is 0 Å². The van der Waals surface area contributed by atoms with E-state index < -0.39 is 0 Å². The van der Waals surface area contributed by atoms with Crippen LogP contribution < -0.4 is 0 Å². The van der Waals surface area contributed by atoms with E-state index in [1.807, 2.05) is 0 Å². The fourth-order valence-electron chi connectivity index (χ4n) is 1.93. The SMILES string of the molecule is CC(C)N1CCOCCC1OC1CC1. The molecule has 82 valence electrons. The van der Waals surface area contributed by atoms with Crippen LogP contribution in [0.1, 0.15) is 33.1 Å². The van der Waals surface area contributed by atoms with Gasteiger partial charge in [0, 0.05) is 19.0 Å². The normalized spacial score (nSPS) is 30.6. The first-order valence-corrected chi connectivity index (χ1v) is 5.76. The van der Waals surface area contributed by atoms with Gasteiger partial charge in [-0.1, -0.05) is 0 Å². The number of rotatable bonds is 3. The molecule has 0 aromatic heterocycles. The van der Waals surface area contributed by atoms with Crippen molar-refractivity contribution in [2.75, 3.05) is 19.8 Å². The lowest BCUT2D eigenvalue weighted by Crippen LogP contribution is -2.43. The van der Waals surface area contributed by atoms with Crippen LogP contribution in [0.4, 0.5) is 0 Å². The van der Waals surface area contributed by atoms with Crippen LogP contribution in [0.15, 0.2) is 0 Å². The molecule has 1 aliphatic carbocycles. The monoisotopic (exact) mass is 199 g/mol.